The Morgan fingerprint density at radius 1 is 0.848 bits per heavy atom. The van der Waals surface area contributed by atoms with E-state index in [4.69, 9.17) is 4.74 Å². The van der Waals surface area contributed by atoms with E-state index in [9.17, 15) is 18.4 Å². The van der Waals surface area contributed by atoms with Gasteiger partial charge in [-0.3, -0.25) is 9.59 Å². The number of benzene rings is 3. The van der Waals surface area contributed by atoms with Crippen LogP contribution in [-0.2, 0) is 16.0 Å². The maximum Gasteiger partial charge on any atom is 0.282 e. The number of imide groups is 1. The summed E-state index contributed by atoms with van der Waals surface area (Å²) in [6, 6.07) is 17.1. The Balaban J connectivity index is 1.78. The Bertz CT molecular complexity index is 1240. The van der Waals surface area contributed by atoms with Crippen molar-refractivity contribution in [1.82, 2.24) is 0 Å². The molecule has 0 radical (unpaired) electrons. The van der Waals surface area contributed by atoms with Gasteiger partial charge in [0.15, 0.2) is 11.6 Å². The second-order valence-electron chi connectivity index (χ2n) is 7.43. The number of anilines is 2. The number of carbonyl (C=O) groups is 2. The van der Waals surface area contributed by atoms with Crippen molar-refractivity contribution < 1.29 is 23.1 Å². The Labute approximate surface area is 190 Å². The molecule has 2 amide bonds. The van der Waals surface area contributed by atoms with Crippen molar-refractivity contribution in [2.75, 3.05) is 16.8 Å². The fourth-order valence-electron chi connectivity index (χ4n) is 3.63. The molecule has 3 aromatic rings. The smallest absolute Gasteiger partial charge is 0.282 e. The molecule has 4 rings (SSSR count). The molecule has 0 atom stereocenters. The first kappa shape index (κ1) is 22.2. The molecule has 1 aliphatic heterocycles. The van der Waals surface area contributed by atoms with Gasteiger partial charge in [0.05, 0.1) is 17.9 Å². The predicted molar refractivity (Wildman–Crippen MR) is 123 cm³/mol. The van der Waals surface area contributed by atoms with Crippen LogP contribution in [0.4, 0.5) is 20.2 Å². The summed E-state index contributed by atoms with van der Waals surface area (Å²) >= 11 is 0. The monoisotopic (exact) mass is 448 g/mol. The van der Waals surface area contributed by atoms with Gasteiger partial charge in [0, 0.05) is 11.8 Å². The van der Waals surface area contributed by atoms with E-state index < -0.39 is 23.4 Å². The van der Waals surface area contributed by atoms with Crippen LogP contribution < -0.4 is 15.0 Å². The Morgan fingerprint density at radius 3 is 2.15 bits per heavy atom. The van der Waals surface area contributed by atoms with E-state index in [1.807, 2.05) is 26.0 Å². The second kappa shape index (κ2) is 9.24. The highest BCUT2D eigenvalue weighted by Gasteiger charge is 2.40. The largest absolute Gasteiger partial charge is 0.494 e. The van der Waals surface area contributed by atoms with Crippen molar-refractivity contribution in [1.29, 1.82) is 0 Å². The number of ether oxygens (including phenoxy) is 1. The zero-order valence-corrected chi connectivity index (χ0v) is 18.2. The first-order chi connectivity index (χ1) is 15.9. The third-order valence-electron chi connectivity index (χ3n) is 5.33. The molecule has 0 fully saturated rings. The van der Waals surface area contributed by atoms with Gasteiger partial charge in [-0.1, -0.05) is 31.2 Å². The fraction of sp³-hybridized carbons (Fsp3) is 0.154. The summed E-state index contributed by atoms with van der Waals surface area (Å²) in [5.74, 6) is -2.54. The van der Waals surface area contributed by atoms with Crippen LogP contribution in [0.3, 0.4) is 0 Å². The average Bonchev–Trinajstić information content (AvgIpc) is 3.06. The molecule has 1 heterocycles. The van der Waals surface area contributed by atoms with Crippen LogP contribution in [0.25, 0.3) is 5.57 Å². The van der Waals surface area contributed by atoms with E-state index in [-0.39, 0.29) is 17.0 Å². The molecule has 168 valence electrons. The van der Waals surface area contributed by atoms with Gasteiger partial charge in [0.1, 0.15) is 11.4 Å². The van der Waals surface area contributed by atoms with Gasteiger partial charge in [-0.25, -0.2) is 13.7 Å². The van der Waals surface area contributed by atoms with Crippen molar-refractivity contribution in [3.63, 3.8) is 0 Å². The number of hydrogen-bond acceptors (Lipinski definition) is 4. The standard InChI is InChI=1S/C26H22F2N2O3/c1-3-16-5-10-19(11-6-16)30-25(31)23(17-7-12-20(13-8-17)33-4-2)24(26(30)32)29-18-9-14-21(27)22(28)15-18/h5-15,29H,3-4H2,1-2H3. The highest BCUT2D eigenvalue weighted by atomic mass is 19.2. The van der Waals surface area contributed by atoms with Gasteiger partial charge < -0.3 is 10.1 Å². The molecule has 33 heavy (non-hydrogen) atoms. The third kappa shape index (κ3) is 4.35. The van der Waals surface area contributed by atoms with E-state index >= 15 is 0 Å². The summed E-state index contributed by atoms with van der Waals surface area (Å²) in [4.78, 5) is 27.9. The van der Waals surface area contributed by atoms with Crippen LogP contribution in [0.2, 0.25) is 0 Å². The zero-order chi connectivity index (χ0) is 23.5. The Hall–Kier alpha value is -4.00. The van der Waals surface area contributed by atoms with Crippen molar-refractivity contribution in [2.24, 2.45) is 0 Å². The lowest BCUT2D eigenvalue weighted by molar-refractivity contribution is -0.120. The third-order valence-corrected chi connectivity index (χ3v) is 5.33. The average molecular weight is 448 g/mol. The zero-order valence-electron chi connectivity index (χ0n) is 18.2. The minimum atomic E-state index is -1.06. The summed E-state index contributed by atoms with van der Waals surface area (Å²) in [6.07, 6.45) is 0.820. The lowest BCUT2D eigenvalue weighted by atomic mass is 10.0. The summed E-state index contributed by atoms with van der Waals surface area (Å²) in [5, 5.41) is 2.83. The van der Waals surface area contributed by atoms with E-state index in [0.29, 0.717) is 23.6 Å². The lowest BCUT2D eigenvalue weighted by Gasteiger charge is -2.16. The first-order valence-electron chi connectivity index (χ1n) is 10.6. The summed E-state index contributed by atoms with van der Waals surface area (Å²) in [7, 11) is 0. The molecule has 0 saturated carbocycles. The Morgan fingerprint density at radius 2 is 1.55 bits per heavy atom. The molecule has 0 saturated heterocycles. The molecule has 5 nitrogen and oxygen atoms in total. The molecule has 3 aromatic carbocycles. The molecule has 0 unspecified atom stereocenters. The molecular formula is C26H22F2N2O3. The number of halogens is 2. The van der Waals surface area contributed by atoms with E-state index in [1.54, 1.807) is 36.4 Å². The summed E-state index contributed by atoms with van der Waals surface area (Å²) < 4.78 is 32.6. The van der Waals surface area contributed by atoms with Gasteiger partial charge in [0.25, 0.3) is 11.8 Å². The SMILES string of the molecule is CCOc1ccc(C2=C(Nc3ccc(F)c(F)c3)C(=O)N(c3ccc(CC)cc3)C2=O)cc1. The van der Waals surface area contributed by atoms with Gasteiger partial charge >= 0.3 is 0 Å². The molecule has 0 aliphatic carbocycles. The van der Waals surface area contributed by atoms with Crippen molar-refractivity contribution in [3.05, 3.63) is 95.2 Å². The van der Waals surface area contributed by atoms with Crippen LogP contribution in [0.5, 0.6) is 5.75 Å². The maximum absolute atomic E-state index is 13.8. The van der Waals surface area contributed by atoms with E-state index in [0.717, 1.165) is 29.0 Å². The molecule has 1 aliphatic rings. The molecule has 0 aromatic heterocycles. The quantitative estimate of drug-likeness (QED) is 0.497. The van der Waals surface area contributed by atoms with Crippen LogP contribution in [0.15, 0.2) is 72.4 Å². The number of carbonyl (C=O) groups excluding carboxylic acids is 2. The molecular weight excluding hydrogens is 426 g/mol. The fourth-order valence-corrected chi connectivity index (χ4v) is 3.63. The van der Waals surface area contributed by atoms with Crippen molar-refractivity contribution in [2.45, 2.75) is 20.3 Å². The van der Waals surface area contributed by atoms with Gasteiger partial charge in [-0.2, -0.15) is 0 Å². The van der Waals surface area contributed by atoms with Crippen molar-refractivity contribution in [3.8, 4) is 5.75 Å². The predicted octanol–water partition coefficient (Wildman–Crippen LogP) is 5.32. The van der Waals surface area contributed by atoms with Gasteiger partial charge in [0.2, 0.25) is 0 Å². The lowest BCUT2D eigenvalue weighted by Crippen LogP contribution is -2.32. The molecule has 0 bridgehead atoms. The number of amides is 2. The number of hydrogen-bond donors (Lipinski definition) is 1. The molecule has 0 spiro atoms. The number of nitrogens with zero attached hydrogens (tertiary/aromatic N) is 1. The molecule has 1 N–H and O–H groups in total. The van der Waals surface area contributed by atoms with E-state index in [2.05, 4.69) is 5.32 Å². The second-order valence-corrected chi connectivity index (χ2v) is 7.43. The van der Waals surface area contributed by atoms with Gasteiger partial charge in [-0.05, 0) is 60.9 Å². The summed E-state index contributed by atoms with van der Waals surface area (Å²) in [6.45, 7) is 4.36. The molecule has 7 heteroatoms. The Kier molecular flexibility index (Phi) is 6.22. The van der Waals surface area contributed by atoms with Crippen LogP contribution in [0.1, 0.15) is 25.0 Å². The van der Waals surface area contributed by atoms with Gasteiger partial charge in [-0.15, -0.1) is 0 Å². The first-order valence-corrected chi connectivity index (χ1v) is 10.6. The highest BCUT2D eigenvalue weighted by molar-refractivity contribution is 6.46. The minimum absolute atomic E-state index is 0.0188. The summed E-state index contributed by atoms with van der Waals surface area (Å²) in [5.41, 5.74) is 2.25. The van der Waals surface area contributed by atoms with Crippen molar-refractivity contribution >= 4 is 28.8 Å². The number of aryl methyl sites for hydroxylation is 1. The van der Waals surface area contributed by atoms with Crippen LogP contribution in [-0.4, -0.2) is 18.4 Å². The number of rotatable bonds is 7. The highest BCUT2D eigenvalue weighted by Crippen LogP contribution is 2.34. The maximum atomic E-state index is 13.8. The topological polar surface area (TPSA) is 58.6 Å². The van der Waals surface area contributed by atoms with Crippen LogP contribution in [0, 0.1) is 11.6 Å². The number of nitrogens with one attached hydrogen (secondary N) is 1. The normalized spacial score (nSPS) is 13.6. The van der Waals surface area contributed by atoms with Crippen LogP contribution >= 0.6 is 0 Å². The van der Waals surface area contributed by atoms with E-state index in [1.165, 1.54) is 6.07 Å². The minimum Gasteiger partial charge on any atom is -0.494 e.